The summed E-state index contributed by atoms with van der Waals surface area (Å²) in [5.41, 5.74) is -0.0436. The van der Waals surface area contributed by atoms with Crippen molar-refractivity contribution in [2.24, 2.45) is 5.92 Å². The van der Waals surface area contributed by atoms with Crippen LogP contribution in [0.4, 0.5) is 0 Å². The Balaban J connectivity index is 1.53. The molecule has 9 heteroatoms. The zero-order chi connectivity index (χ0) is 19.7. The Morgan fingerprint density at radius 1 is 1.30 bits per heavy atom. The molecule has 0 radical (unpaired) electrons. The summed E-state index contributed by atoms with van der Waals surface area (Å²) in [4.78, 5) is 22.1. The first kappa shape index (κ1) is 20.4. The van der Waals surface area contributed by atoms with Crippen molar-refractivity contribution < 1.29 is 18.8 Å². The summed E-state index contributed by atoms with van der Waals surface area (Å²) < 4.78 is 17.7. The van der Waals surface area contributed by atoms with E-state index in [0.29, 0.717) is 19.2 Å². The van der Waals surface area contributed by atoms with Crippen LogP contribution >= 0.6 is 11.6 Å². The molecule has 0 spiro atoms. The summed E-state index contributed by atoms with van der Waals surface area (Å²) >= 11 is 5.65. The Hall–Kier alpha value is -1.38. The molecule has 3 heterocycles. The maximum Gasteiger partial charge on any atom is 0.498 e. The molecule has 3 rings (SSSR count). The number of halogens is 1. The minimum Gasteiger partial charge on any atom is -0.463 e. The number of hydrogen-bond donors (Lipinski definition) is 0. The number of hydrogen-bond acceptors (Lipinski definition) is 6. The van der Waals surface area contributed by atoms with E-state index in [4.69, 9.17) is 25.6 Å². The van der Waals surface area contributed by atoms with Gasteiger partial charge < -0.3 is 18.9 Å². The lowest BCUT2D eigenvalue weighted by Gasteiger charge is -2.32. The standard InChI is InChI=1S/C18H27BClN3O4/c1-17(2)18(3,4)27-19(26-17)14-9-21-16(22-10-14)25-12-13-6-5-7-23(11-13)15(24)8-20/h9-10,13H,5-8,11-12H2,1-4H3/t13-/m1/s1. The SMILES string of the molecule is CC1(C)OB(c2cnc(OC[C@@H]3CCCN(C(=O)CCl)C3)nc2)OC1(C)C. The lowest BCUT2D eigenvalue weighted by Crippen LogP contribution is -2.42. The van der Waals surface area contributed by atoms with Crippen LogP contribution in [0.3, 0.4) is 0 Å². The largest absolute Gasteiger partial charge is 0.498 e. The van der Waals surface area contributed by atoms with Crippen LogP contribution in [-0.2, 0) is 14.1 Å². The van der Waals surface area contributed by atoms with E-state index in [1.165, 1.54) is 0 Å². The molecule has 2 aliphatic rings. The number of aromatic nitrogens is 2. The van der Waals surface area contributed by atoms with Crippen LogP contribution in [0, 0.1) is 5.92 Å². The van der Waals surface area contributed by atoms with Gasteiger partial charge in [0.1, 0.15) is 5.88 Å². The second-order valence-electron chi connectivity index (χ2n) is 8.18. The molecule has 1 atom stereocenters. The monoisotopic (exact) mass is 395 g/mol. The average Bonchev–Trinajstić information content (AvgIpc) is 2.87. The molecule has 0 aromatic carbocycles. The number of rotatable bonds is 5. The molecular weight excluding hydrogens is 368 g/mol. The smallest absolute Gasteiger partial charge is 0.463 e. The van der Waals surface area contributed by atoms with Crippen molar-refractivity contribution in [2.75, 3.05) is 25.6 Å². The molecule has 0 N–H and O–H groups in total. The minimum absolute atomic E-state index is 0.0237. The number of ether oxygens (including phenoxy) is 1. The molecule has 1 amide bonds. The molecule has 7 nitrogen and oxygen atoms in total. The van der Waals surface area contributed by atoms with Gasteiger partial charge in [-0.05, 0) is 40.5 Å². The van der Waals surface area contributed by atoms with E-state index < -0.39 is 18.3 Å². The molecule has 0 unspecified atom stereocenters. The van der Waals surface area contributed by atoms with Crippen molar-refractivity contribution >= 4 is 30.1 Å². The Morgan fingerprint density at radius 2 is 1.93 bits per heavy atom. The lowest BCUT2D eigenvalue weighted by atomic mass is 9.81. The van der Waals surface area contributed by atoms with Crippen LogP contribution < -0.4 is 10.2 Å². The highest BCUT2D eigenvalue weighted by Crippen LogP contribution is 2.36. The van der Waals surface area contributed by atoms with E-state index in [0.717, 1.165) is 24.8 Å². The van der Waals surface area contributed by atoms with Crippen LogP contribution in [0.1, 0.15) is 40.5 Å². The van der Waals surface area contributed by atoms with E-state index in [9.17, 15) is 4.79 Å². The fourth-order valence-corrected chi connectivity index (χ4v) is 3.38. The number of alkyl halides is 1. The first-order valence-electron chi connectivity index (χ1n) is 9.36. The Labute approximate surface area is 165 Å². The molecule has 0 bridgehead atoms. The number of piperidine rings is 1. The molecule has 0 aliphatic carbocycles. The summed E-state index contributed by atoms with van der Waals surface area (Å²) in [6.45, 7) is 9.93. The quantitative estimate of drug-likeness (QED) is 0.557. The molecule has 1 aromatic heterocycles. The van der Waals surface area contributed by atoms with Gasteiger partial charge in [-0.3, -0.25) is 4.79 Å². The average molecular weight is 396 g/mol. The third kappa shape index (κ3) is 4.55. The summed E-state index contributed by atoms with van der Waals surface area (Å²) in [6, 6.07) is 0.316. The van der Waals surface area contributed by atoms with E-state index in [1.54, 1.807) is 17.3 Å². The van der Waals surface area contributed by atoms with Crippen molar-refractivity contribution in [3.8, 4) is 6.01 Å². The highest BCUT2D eigenvalue weighted by Gasteiger charge is 2.51. The summed E-state index contributed by atoms with van der Waals surface area (Å²) in [5.74, 6) is 0.263. The van der Waals surface area contributed by atoms with Gasteiger partial charge in [0.15, 0.2) is 0 Å². The number of nitrogens with zero attached hydrogens (tertiary/aromatic N) is 3. The van der Waals surface area contributed by atoms with Gasteiger partial charge in [0.2, 0.25) is 5.91 Å². The number of likely N-dealkylation sites (tertiary alicyclic amines) is 1. The van der Waals surface area contributed by atoms with Crippen LogP contribution in [-0.4, -0.2) is 64.7 Å². The predicted molar refractivity (Wildman–Crippen MR) is 103 cm³/mol. The summed E-state index contributed by atoms with van der Waals surface area (Å²) in [5, 5.41) is 0. The molecule has 2 saturated heterocycles. The normalized spacial score (nSPS) is 24.1. The van der Waals surface area contributed by atoms with Gasteiger partial charge >= 0.3 is 13.1 Å². The zero-order valence-electron chi connectivity index (χ0n) is 16.4. The molecule has 2 aliphatic heterocycles. The highest BCUT2D eigenvalue weighted by molar-refractivity contribution is 6.61. The topological polar surface area (TPSA) is 73.8 Å². The molecule has 1 aromatic rings. The number of carbonyl (C=O) groups excluding carboxylic acids is 1. The van der Waals surface area contributed by atoms with Crippen LogP contribution in [0.25, 0.3) is 0 Å². The third-order valence-electron chi connectivity index (χ3n) is 5.61. The van der Waals surface area contributed by atoms with Crippen LogP contribution in [0.2, 0.25) is 0 Å². The summed E-state index contributed by atoms with van der Waals surface area (Å²) in [7, 11) is -0.488. The Morgan fingerprint density at radius 3 is 2.52 bits per heavy atom. The minimum atomic E-state index is -0.488. The van der Waals surface area contributed by atoms with Crippen LogP contribution in [0.5, 0.6) is 6.01 Å². The number of carbonyl (C=O) groups is 1. The van der Waals surface area contributed by atoms with Crippen LogP contribution in [0.15, 0.2) is 12.4 Å². The van der Waals surface area contributed by atoms with Crippen molar-refractivity contribution in [2.45, 2.75) is 51.7 Å². The third-order valence-corrected chi connectivity index (χ3v) is 5.84. The van der Waals surface area contributed by atoms with Gasteiger partial charge in [-0.1, -0.05) is 0 Å². The Bertz CT molecular complexity index is 655. The molecule has 148 valence electrons. The van der Waals surface area contributed by atoms with E-state index >= 15 is 0 Å². The van der Waals surface area contributed by atoms with Crippen molar-refractivity contribution in [1.29, 1.82) is 0 Å². The molecule has 0 saturated carbocycles. The first-order valence-corrected chi connectivity index (χ1v) is 9.89. The predicted octanol–water partition coefficient (Wildman–Crippen LogP) is 1.63. The summed E-state index contributed by atoms with van der Waals surface area (Å²) in [6.07, 6.45) is 5.32. The van der Waals surface area contributed by atoms with Crippen molar-refractivity contribution in [1.82, 2.24) is 14.9 Å². The van der Waals surface area contributed by atoms with Gasteiger partial charge in [-0.2, -0.15) is 0 Å². The van der Waals surface area contributed by atoms with Gasteiger partial charge in [-0.25, -0.2) is 9.97 Å². The lowest BCUT2D eigenvalue weighted by molar-refractivity contribution is -0.130. The zero-order valence-corrected chi connectivity index (χ0v) is 17.2. The second kappa shape index (κ2) is 7.93. The molecule has 2 fully saturated rings. The fraction of sp³-hybridized carbons (Fsp3) is 0.722. The first-order chi connectivity index (χ1) is 12.7. The fourth-order valence-electron chi connectivity index (χ4n) is 3.21. The van der Waals surface area contributed by atoms with E-state index in [2.05, 4.69) is 9.97 Å². The maximum absolute atomic E-state index is 11.7. The van der Waals surface area contributed by atoms with Gasteiger partial charge in [0.05, 0.1) is 17.8 Å². The second-order valence-corrected chi connectivity index (χ2v) is 8.45. The van der Waals surface area contributed by atoms with E-state index in [-0.39, 0.29) is 17.7 Å². The maximum atomic E-state index is 11.7. The van der Waals surface area contributed by atoms with E-state index in [1.807, 2.05) is 27.7 Å². The van der Waals surface area contributed by atoms with Gasteiger partial charge in [-0.15, -0.1) is 11.6 Å². The van der Waals surface area contributed by atoms with Gasteiger partial charge in [0, 0.05) is 36.9 Å². The highest BCUT2D eigenvalue weighted by atomic mass is 35.5. The molecular formula is C18H27BClN3O4. The van der Waals surface area contributed by atoms with Crippen molar-refractivity contribution in [3.05, 3.63) is 12.4 Å². The molecule has 27 heavy (non-hydrogen) atoms. The van der Waals surface area contributed by atoms with Gasteiger partial charge in [0.25, 0.3) is 0 Å². The van der Waals surface area contributed by atoms with Crippen molar-refractivity contribution in [3.63, 3.8) is 0 Å². The number of amides is 1. The Kier molecular flexibility index (Phi) is 5.98.